The molecule has 0 unspecified atom stereocenters. The van der Waals surface area contributed by atoms with E-state index < -0.39 is 5.82 Å². The van der Waals surface area contributed by atoms with E-state index in [2.05, 4.69) is 17.3 Å². The average molecular weight is 375 g/mol. The lowest BCUT2D eigenvalue weighted by atomic mass is 10.1. The molecule has 1 heterocycles. The number of amides is 1. The summed E-state index contributed by atoms with van der Waals surface area (Å²) < 4.78 is 21.7. The lowest BCUT2D eigenvalue weighted by Gasteiger charge is -2.11. The first kappa shape index (κ1) is 20.9. The van der Waals surface area contributed by atoms with Gasteiger partial charge in [-0.1, -0.05) is 51.7 Å². The number of nitrogens with one attached hydrogen (secondary N) is 1. The molecule has 2 aromatic rings. The van der Waals surface area contributed by atoms with Crippen LogP contribution in [0.1, 0.15) is 67.7 Å². The van der Waals surface area contributed by atoms with Crippen molar-refractivity contribution in [3.8, 4) is 5.75 Å². The van der Waals surface area contributed by atoms with E-state index in [1.165, 1.54) is 19.3 Å². The average Bonchev–Trinajstić information content (AvgIpc) is 3.05. The van der Waals surface area contributed by atoms with Crippen LogP contribution in [0.4, 0.5) is 4.39 Å². The summed E-state index contributed by atoms with van der Waals surface area (Å²) in [5.41, 5.74) is 1.72. The molecule has 0 saturated heterocycles. The molecule has 1 aromatic heterocycles. The van der Waals surface area contributed by atoms with Gasteiger partial charge in [0.25, 0.3) is 5.91 Å². The van der Waals surface area contributed by atoms with Crippen molar-refractivity contribution in [2.45, 2.75) is 58.9 Å². The summed E-state index contributed by atoms with van der Waals surface area (Å²) in [6, 6.07) is 6.78. The van der Waals surface area contributed by atoms with Gasteiger partial charge in [0.05, 0.1) is 12.3 Å². The maximum Gasteiger partial charge on any atom is 0.269 e. The van der Waals surface area contributed by atoms with Gasteiger partial charge in [-0.15, -0.1) is 0 Å². The summed E-state index contributed by atoms with van der Waals surface area (Å²) in [6.45, 7) is 4.76. The molecular weight excluding hydrogens is 345 g/mol. The third kappa shape index (κ3) is 6.08. The van der Waals surface area contributed by atoms with Crippen molar-refractivity contribution in [1.82, 2.24) is 15.1 Å². The highest BCUT2D eigenvalue weighted by atomic mass is 19.1. The Morgan fingerprint density at radius 1 is 1.22 bits per heavy atom. The summed E-state index contributed by atoms with van der Waals surface area (Å²) in [5, 5.41) is 7.02. The third-order valence-corrected chi connectivity index (χ3v) is 4.51. The first-order chi connectivity index (χ1) is 13.1. The van der Waals surface area contributed by atoms with Crippen LogP contribution < -0.4 is 10.1 Å². The number of hydrogen-bond acceptors (Lipinski definition) is 3. The van der Waals surface area contributed by atoms with Crippen molar-refractivity contribution >= 4 is 5.91 Å². The van der Waals surface area contributed by atoms with Gasteiger partial charge in [-0.25, -0.2) is 4.39 Å². The fraction of sp³-hybridized carbons (Fsp3) is 0.524. The Hall–Kier alpha value is -2.37. The second kappa shape index (κ2) is 10.7. The lowest BCUT2D eigenvalue weighted by molar-refractivity contribution is 0.0941. The van der Waals surface area contributed by atoms with E-state index in [1.807, 2.05) is 6.92 Å². The molecule has 0 bridgehead atoms. The third-order valence-electron chi connectivity index (χ3n) is 4.51. The van der Waals surface area contributed by atoms with Crippen LogP contribution in [0.3, 0.4) is 0 Å². The predicted molar refractivity (Wildman–Crippen MR) is 104 cm³/mol. The first-order valence-electron chi connectivity index (χ1n) is 9.78. The molecule has 6 heteroatoms. The first-order valence-corrected chi connectivity index (χ1v) is 9.78. The number of halogens is 1. The van der Waals surface area contributed by atoms with Crippen molar-refractivity contribution in [1.29, 1.82) is 0 Å². The van der Waals surface area contributed by atoms with Gasteiger partial charge < -0.3 is 10.1 Å². The summed E-state index contributed by atoms with van der Waals surface area (Å²) in [6.07, 6.45) is 6.37. The molecule has 1 aromatic carbocycles. The quantitative estimate of drug-likeness (QED) is 0.592. The Labute approximate surface area is 160 Å². The van der Waals surface area contributed by atoms with Crippen molar-refractivity contribution in [3.05, 3.63) is 47.0 Å². The molecule has 0 aliphatic rings. The van der Waals surface area contributed by atoms with Gasteiger partial charge in [-0.3, -0.25) is 9.48 Å². The highest BCUT2D eigenvalue weighted by Gasteiger charge is 2.14. The topological polar surface area (TPSA) is 56.1 Å². The van der Waals surface area contributed by atoms with E-state index in [4.69, 9.17) is 4.74 Å². The minimum Gasteiger partial charge on any atom is -0.491 e. The number of carbonyl (C=O) groups is 1. The predicted octanol–water partition coefficient (Wildman–Crippen LogP) is 4.40. The summed E-state index contributed by atoms with van der Waals surface area (Å²) >= 11 is 0. The van der Waals surface area contributed by atoms with Gasteiger partial charge in [0, 0.05) is 19.2 Å². The van der Waals surface area contributed by atoms with Crippen LogP contribution in [-0.4, -0.2) is 22.3 Å². The van der Waals surface area contributed by atoms with E-state index >= 15 is 0 Å². The van der Waals surface area contributed by atoms with Crippen molar-refractivity contribution in [3.63, 3.8) is 0 Å². The fourth-order valence-electron chi connectivity index (χ4n) is 2.87. The monoisotopic (exact) mass is 375 g/mol. The van der Waals surface area contributed by atoms with Crippen LogP contribution in [-0.2, 0) is 20.0 Å². The molecular formula is C21H30FN3O2. The Bertz CT molecular complexity index is 743. The van der Waals surface area contributed by atoms with Crippen LogP contribution in [0.15, 0.2) is 24.3 Å². The molecule has 27 heavy (non-hydrogen) atoms. The van der Waals surface area contributed by atoms with E-state index in [9.17, 15) is 9.18 Å². The number of benzene rings is 1. The summed E-state index contributed by atoms with van der Waals surface area (Å²) in [4.78, 5) is 12.3. The van der Waals surface area contributed by atoms with Crippen LogP contribution in [0, 0.1) is 5.82 Å². The smallest absolute Gasteiger partial charge is 0.269 e. The van der Waals surface area contributed by atoms with Gasteiger partial charge in [0.15, 0.2) is 11.6 Å². The van der Waals surface area contributed by atoms with Crippen LogP contribution in [0.2, 0.25) is 0 Å². The molecule has 0 aliphatic carbocycles. The molecule has 1 amide bonds. The lowest BCUT2D eigenvalue weighted by Crippen LogP contribution is -2.25. The molecule has 148 valence electrons. The zero-order chi connectivity index (χ0) is 19.6. The number of ether oxygens (including phenoxy) is 1. The molecule has 0 radical (unpaired) electrons. The van der Waals surface area contributed by atoms with Gasteiger partial charge in [-0.05, 0) is 25.0 Å². The minimum absolute atomic E-state index is 0.102. The van der Waals surface area contributed by atoms with Crippen molar-refractivity contribution < 1.29 is 13.9 Å². The standard InChI is InChI=1S/C21H30FN3O2/c1-4-6-7-8-9-13-27-19-12-10-11-16(20(19)22)15-23-21(26)18-14-17(5-2)24-25(18)3/h10-12,14H,4-9,13,15H2,1-3H3,(H,23,26). The van der Waals surface area contributed by atoms with E-state index in [1.54, 1.807) is 36.0 Å². The van der Waals surface area contributed by atoms with Gasteiger partial charge >= 0.3 is 0 Å². The number of unbranched alkanes of at least 4 members (excludes halogenated alkanes) is 4. The van der Waals surface area contributed by atoms with Crippen LogP contribution in [0.5, 0.6) is 5.75 Å². The Kier molecular flexibility index (Phi) is 8.30. The van der Waals surface area contributed by atoms with E-state index in [-0.39, 0.29) is 18.2 Å². The Morgan fingerprint density at radius 2 is 2.00 bits per heavy atom. The number of rotatable bonds is 11. The number of hydrogen-bond donors (Lipinski definition) is 1. The second-order valence-electron chi connectivity index (χ2n) is 6.67. The van der Waals surface area contributed by atoms with Gasteiger partial charge in [0.2, 0.25) is 0 Å². The molecule has 0 saturated carbocycles. The van der Waals surface area contributed by atoms with E-state index in [0.29, 0.717) is 17.9 Å². The Morgan fingerprint density at radius 3 is 2.70 bits per heavy atom. The molecule has 0 fully saturated rings. The molecule has 0 aliphatic heterocycles. The maximum atomic E-state index is 14.6. The minimum atomic E-state index is -0.411. The highest BCUT2D eigenvalue weighted by Crippen LogP contribution is 2.21. The molecule has 2 rings (SSSR count). The zero-order valence-electron chi connectivity index (χ0n) is 16.6. The van der Waals surface area contributed by atoms with Crippen LogP contribution >= 0.6 is 0 Å². The largest absolute Gasteiger partial charge is 0.491 e. The summed E-state index contributed by atoms with van der Waals surface area (Å²) in [7, 11) is 1.73. The van der Waals surface area contributed by atoms with Gasteiger partial charge in [0.1, 0.15) is 5.69 Å². The number of carbonyl (C=O) groups excluding carboxylic acids is 1. The zero-order valence-corrected chi connectivity index (χ0v) is 16.6. The number of nitrogens with zero attached hydrogens (tertiary/aromatic N) is 2. The highest BCUT2D eigenvalue weighted by molar-refractivity contribution is 5.92. The SMILES string of the molecule is CCCCCCCOc1cccc(CNC(=O)c2cc(CC)nn2C)c1F. The summed E-state index contributed by atoms with van der Waals surface area (Å²) in [5.74, 6) is -0.442. The number of aryl methyl sites for hydroxylation is 2. The normalized spacial score (nSPS) is 10.8. The van der Waals surface area contributed by atoms with E-state index in [0.717, 1.165) is 25.0 Å². The molecule has 0 spiro atoms. The second-order valence-corrected chi connectivity index (χ2v) is 6.67. The van der Waals surface area contributed by atoms with Crippen molar-refractivity contribution in [2.24, 2.45) is 7.05 Å². The molecule has 1 N–H and O–H groups in total. The molecule has 5 nitrogen and oxygen atoms in total. The number of aromatic nitrogens is 2. The maximum absolute atomic E-state index is 14.6. The van der Waals surface area contributed by atoms with Crippen molar-refractivity contribution in [2.75, 3.05) is 6.61 Å². The molecule has 0 atom stereocenters. The van der Waals surface area contributed by atoms with Gasteiger partial charge in [-0.2, -0.15) is 5.10 Å². The van der Waals surface area contributed by atoms with Crippen LogP contribution in [0.25, 0.3) is 0 Å². The fourth-order valence-corrected chi connectivity index (χ4v) is 2.87. The Balaban J connectivity index is 1.89.